The zero-order valence-corrected chi connectivity index (χ0v) is 20.9. The molecule has 1 saturated heterocycles. The van der Waals surface area contributed by atoms with E-state index in [1.54, 1.807) is 0 Å². The van der Waals surface area contributed by atoms with Gasteiger partial charge >= 0.3 is 0 Å². The summed E-state index contributed by atoms with van der Waals surface area (Å²) < 4.78 is 21.4. The van der Waals surface area contributed by atoms with Crippen LogP contribution in [0.4, 0.5) is 4.39 Å². The van der Waals surface area contributed by atoms with E-state index in [2.05, 4.69) is 59.6 Å². The Balaban J connectivity index is 1.59. The molecule has 2 atom stereocenters. The van der Waals surface area contributed by atoms with E-state index in [1.807, 2.05) is 36.1 Å². The molecule has 4 nitrogen and oxygen atoms in total. The summed E-state index contributed by atoms with van der Waals surface area (Å²) in [6, 6.07) is 10.6. The van der Waals surface area contributed by atoms with E-state index in [1.165, 1.54) is 12.1 Å². The summed E-state index contributed by atoms with van der Waals surface area (Å²) in [5.41, 5.74) is 1.07. The molecular weight excluding hydrogens is 571 g/mol. The molecule has 0 aromatic heterocycles. The van der Waals surface area contributed by atoms with Crippen LogP contribution in [0.3, 0.4) is 0 Å². The second-order valence-corrected chi connectivity index (χ2v) is 9.91. The van der Waals surface area contributed by atoms with Crippen molar-refractivity contribution in [2.45, 2.75) is 32.5 Å². The lowest BCUT2D eigenvalue weighted by molar-refractivity contribution is -0.139. The van der Waals surface area contributed by atoms with Gasteiger partial charge in [0.25, 0.3) is 5.91 Å². The van der Waals surface area contributed by atoms with Crippen molar-refractivity contribution >= 4 is 53.7 Å². The highest BCUT2D eigenvalue weighted by Gasteiger charge is 2.32. The third-order valence-electron chi connectivity index (χ3n) is 5.04. The molecule has 1 amide bonds. The molecule has 2 aromatic rings. The molecule has 0 N–H and O–H groups in total. The van der Waals surface area contributed by atoms with E-state index in [4.69, 9.17) is 4.74 Å². The van der Waals surface area contributed by atoms with Crippen molar-refractivity contribution in [3.63, 3.8) is 0 Å². The Morgan fingerprint density at radius 2 is 1.69 bits per heavy atom. The van der Waals surface area contributed by atoms with Gasteiger partial charge in [0.2, 0.25) is 0 Å². The topological polar surface area (TPSA) is 32.8 Å². The molecule has 0 saturated carbocycles. The first-order chi connectivity index (χ1) is 13.7. The van der Waals surface area contributed by atoms with Crippen LogP contribution in [-0.2, 0) is 11.3 Å². The number of hydrogen-bond acceptors (Lipinski definition) is 3. The zero-order valence-electron chi connectivity index (χ0n) is 16.2. The molecule has 0 unspecified atom stereocenters. The predicted molar refractivity (Wildman–Crippen MR) is 122 cm³/mol. The minimum atomic E-state index is -0.227. The van der Waals surface area contributed by atoms with Crippen molar-refractivity contribution in [2.75, 3.05) is 19.7 Å². The number of amides is 1. The van der Waals surface area contributed by atoms with Gasteiger partial charge in [-0.2, -0.15) is 0 Å². The van der Waals surface area contributed by atoms with E-state index in [-0.39, 0.29) is 30.4 Å². The zero-order chi connectivity index (χ0) is 21.1. The summed E-state index contributed by atoms with van der Waals surface area (Å²) in [6.07, 6.45) is 0. The maximum atomic E-state index is 13.1. The fraction of sp³-hybridized carbons (Fsp3) is 0.381. The molecule has 0 aliphatic carbocycles. The number of nitrogens with zero attached hydrogens (tertiary/aromatic N) is 2. The predicted octanol–water partition coefficient (Wildman–Crippen LogP) is 5.61. The van der Waals surface area contributed by atoms with Crippen molar-refractivity contribution in [3.8, 4) is 5.75 Å². The summed E-state index contributed by atoms with van der Waals surface area (Å²) in [5, 5.41) is 0. The summed E-state index contributed by atoms with van der Waals surface area (Å²) in [4.78, 5) is 17.0. The minimum Gasteiger partial charge on any atom is -0.481 e. The Kier molecular flexibility index (Phi) is 7.75. The lowest BCUT2D eigenvalue weighted by atomic mass is 10.1. The number of carbonyl (C=O) groups excluding carboxylic acids is 1. The van der Waals surface area contributed by atoms with Gasteiger partial charge in [0.15, 0.2) is 6.61 Å². The van der Waals surface area contributed by atoms with Crippen LogP contribution < -0.4 is 4.74 Å². The third-order valence-corrected chi connectivity index (χ3v) is 6.67. The number of piperazine rings is 1. The van der Waals surface area contributed by atoms with Gasteiger partial charge in [0, 0.05) is 36.2 Å². The number of halogens is 4. The molecule has 3 rings (SSSR count). The highest BCUT2D eigenvalue weighted by molar-refractivity contribution is 9.11. The van der Waals surface area contributed by atoms with E-state index < -0.39 is 0 Å². The first kappa shape index (κ1) is 22.7. The number of rotatable bonds is 5. The van der Waals surface area contributed by atoms with Gasteiger partial charge in [-0.05, 0) is 75.5 Å². The molecule has 8 heteroatoms. The molecule has 29 heavy (non-hydrogen) atoms. The van der Waals surface area contributed by atoms with Gasteiger partial charge in [-0.15, -0.1) is 0 Å². The lowest BCUT2D eigenvalue weighted by Crippen LogP contribution is -2.58. The Labute approximate surface area is 195 Å². The molecule has 0 radical (unpaired) electrons. The molecule has 1 heterocycles. The van der Waals surface area contributed by atoms with Crippen LogP contribution in [0.2, 0.25) is 0 Å². The van der Waals surface area contributed by atoms with Gasteiger partial charge < -0.3 is 9.64 Å². The van der Waals surface area contributed by atoms with Crippen LogP contribution in [-0.4, -0.2) is 47.5 Å². The monoisotopic (exact) mass is 590 g/mol. The second kappa shape index (κ2) is 9.90. The molecule has 0 spiro atoms. The molecular formula is C21H22Br3FN2O2. The van der Waals surface area contributed by atoms with Crippen LogP contribution >= 0.6 is 47.8 Å². The van der Waals surface area contributed by atoms with Crippen LogP contribution in [0.15, 0.2) is 49.8 Å². The molecule has 1 aliphatic heterocycles. The highest BCUT2D eigenvalue weighted by atomic mass is 79.9. The van der Waals surface area contributed by atoms with Gasteiger partial charge in [0.1, 0.15) is 11.6 Å². The van der Waals surface area contributed by atoms with Crippen LogP contribution in [0.1, 0.15) is 19.4 Å². The fourth-order valence-electron chi connectivity index (χ4n) is 3.47. The Morgan fingerprint density at radius 1 is 1.07 bits per heavy atom. The SMILES string of the molecule is C[C@@H]1CN(C(=O)COc2c(Br)cc(Br)cc2Br)[C@@H](C)CN1Cc1ccc(F)cc1. The quantitative estimate of drug-likeness (QED) is 0.452. The Bertz CT molecular complexity index is 856. The van der Waals surface area contributed by atoms with Crippen LogP contribution in [0, 0.1) is 5.82 Å². The van der Waals surface area contributed by atoms with Crippen molar-refractivity contribution in [3.05, 3.63) is 61.2 Å². The minimum absolute atomic E-state index is 0.0200. The Hall–Kier alpha value is -0.960. The van der Waals surface area contributed by atoms with Crippen LogP contribution in [0.25, 0.3) is 0 Å². The summed E-state index contributed by atoms with van der Waals surface area (Å²) in [6.45, 7) is 6.27. The number of carbonyl (C=O) groups is 1. The molecule has 156 valence electrons. The number of hydrogen-bond donors (Lipinski definition) is 0. The average Bonchev–Trinajstić information content (AvgIpc) is 2.65. The largest absolute Gasteiger partial charge is 0.481 e. The molecule has 1 aliphatic rings. The van der Waals surface area contributed by atoms with E-state index in [0.717, 1.165) is 32.1 Å². The maximum Gasteiger partial charge on any atom is 0.260 e. The van der Waals surface area contributed by atoms with E-state index in [0.29, 0.717) is 12.3 Å². The lowest BCUT2D eigenvalue weighted by Gasteiger charge is -2.44. The van der Waals surface area contributed by atoms with Gasteiger partial charge in [-0.3, -0.25) is 9.69 Å². The summed E-state index contributed by atoms with van der Waals surface area (Å²) in [7, 11) is 0. The first-order valence-corrected chi connectivity index (χ1v) is 11.7. The van der Waals surface area contributed by atoms with Crippen LogP contribution in [0.5, 0.6) is 5.75 Å². The van der Waals surface area contributed by atoms with Crippen molar-refractivity contribution in [1.82, 2.24) is 9.80 Å². The third kappa shape index (κ3) is 5.81. The van der Waals surface area contributed by atoms with Gasteiger partial charge in [0.05, 0.1) is 8.95 Å². The normalized spacial score (nSPS) is 20.0. The highest BCUT2D eigenvalue weighted by Crippen LogP contribution is 2.36. The number of ether oxygens (including phenoxy) is 1. The van der Waals surface area contributed by atoms with E-state index >= 15 is 0 Å². The molecule has 0 bridgehead atoms. The Morgan fingerprint density at radius 3 is 2.31 bits per heavy atom. The smallest absolute Gasteiger partial charge is 0.260 e. The second-order valence-electron chi connectivity index (χ2n) is 7.29. The van der Waals surface area contributed by atoms with Crippen molar-refractivity contribution in [1.29, 1.82) is 0 Å². The van der Waals surface area contributed by atoms with Crippen molar-refractivity contribution in [2.24, 2.45) is 0 Å². The molecule has 1 fully saturated rings. The fourth-order valence-corrected chi connectivity index (χ4v) is 5.96. The maximum absolute atomic E-state index is 13.1. The first-order valence-electron chi connectivity index (χ1n) is 9.30. The standard InChI is InChI=1S/C21H22Br3FN2O2/c1-13-10-27(14(2)9-26(13)11-15-3-5-17(25)6-4-15)20(28)12-29-21-18(23)7-16(22)8-19(21)24/h3-8,13-14H,9-12H2,1-2H3/t13-,14+/m1/s1. The number of benzene rings is 2. The van der Waals surface area contributed by atoms with E-state index in [9.17, 15) is 9.18 Å². The van der Waals surface area contributed by atoms with Gasteiger partial charge in [-0.1, -0.05) is 28.1 Å². The average molecular weight is 593 g/mol. The summed E-state index contributed by atoms with van der Waals surface area (Å²) in [5.74, 6) is 0.347. The summed E-state index contributed by atoms with van der Waals surface area (Å²) >= 11 is 10.4. The van der Waals surface area contributed by atoms with Crippen molar-refractivity contribution < 1.29 is 13.9 Å². The molecule has 2 aromatic carbocycles. The van der Waals surface area contributed by atoms with Gasteiger partial charge in [-0.25, -0.2) is 4.39 Å².